The zero-order valence-corrected chi connectivity index (χ0v) is 10.1. The fourth-order valence-electron chi connectivity index (χ4n) is 1.66. The molecule has 1 aliphatic rings. The second-order valence-corrected chi connectivity index (χ2v) is 4.30. The van der Waals surface area contributed by atoms with Gasteiger partial charge in [-0.15, -0.1) is 0 Å². The number of carbonyl (C=O) groups is 2. The van der Waals surface area contributed by atoms with E-state index < -0.39 is 17.9 Å². The van der Waals surface area contributed by atoms with Gasteiger partial charge in [-0.2, -0.15) is 0 Å². The van der Waals surface area contributed by atoms with Crippen LogP contribution >= 0.6 is 0 Å². The number of aldehydes is 1. The molecule has 1 fully saturated rings. The van der Waals surface area contributed by atoms with Gasteiger partial charge in [-0.3, -0.25) is 4.90 Å². The van der Waals surface area contributed by atoms with Crippen molar-refractivity contribution in [2.24, 2.45) is 0 Å². The first-order valence-electron chi connectivity index (χ1n) is 5.58. The molecule has 1 amide bonds. The van der Waals surface area contributed by atoms with Crippen molar-refractivity contribution in [1.82, 2.24) is 4.90 Å². The number of rotatable bonds is 4. The first kappa shape index (κ1) is 13.0. The second-order valence-electron chi connectivity index (χ2n) is 4.30. The molecule has 5 heteroatoms. The predicted octanol–water partition coefficient (Wildman–Crippen LogP) is 1.56. The molecular formula is C11H19NO4. The minimum absolute atomic E-state index is 0.235. The molecular weight excluding hydrogens is 210 g/mol. The molecule has 0 radical (unpaired) electrons. The fraction of sp³-hybridized carbons (Fsp3) is 0.818. The molecule has 92 valence electrons. The number of unbranched alkanes of at least 4 members (excludes halogenated alkanes) is 1. The van der Waals surface area contributed by atoms with Crippen molar-refractivity contribution in [3.8, 4) is 0 Å². The van der Waals surface area contributed by atoms with Crippen LogP contribution in [0.15, 0.2) is 0 Å². The third-order valence-corrected chi connectivity index (χ3v) is 2.60. The molecule has 1 rings (SSSR count). The van der Waals surface area contributed by atoms with Crippen LogP contribution in [0.1, 0.15) is 33.6 Å². The maximum absolute atomic E-state index is 11.8. The summed E-state index contributed by atoms with van der Waals surface area (Å²) >= 11 is 0. The number of hydrogen-bond donors (Lipinski definition) is 0. The van der Waals surface area contributed by atoms with E-state index in [0.29, 0.717) is 6.61 Å². The lowest BCUT2D eigenvalue weighted by Crippen LogP contribution is -2.48. The van der Waals surface area contributed by atoms with Crippen LogP contribution in [0.4, 0.5) is 4.79 Å². The van der Waals surface area contributed by atoms with Gasteiger partial charge in [0.2, 0.25) is 0 Å². The van der Waals surface area contributed by atoms with Crippen molar-refractivity contribution < 1.29 is 19.1 Å². The third-order valence-electron chi connectivity index (χ3n) is 2.60. The van der Waals surface area contributed by atoms with Crippen molar-refractivity contribution in [3.63, 3.8) is 0 Å². The molecule has 0 aromatic carbocycles. The molecule has 0 aromatic rings. The minimum Gasteiger partial charge on any atom is -0.449 e. The van der Waals surface area contributed by atoms with E-state index in [0.717, 1.165) is 19.1 Å². The monoisotopic (exact) mass is 229 g/mol. The summed E-state index contributed by atoms with van der Waals surface area (Å²) in [6.45, 7) is 6.13. The summed E-state index contributed by atoms with van der Waals surface area (Å²) in [6, 6.07) is -0.538. The number of ether oxygens (including phenoxy) is 2. The lowest BCUT2D eigenvalue weighted by molar-refractivity contribution is -0.112. The number of hydrogen-bond acceptors (Lipinski definition) is 4. The van der Waals surface area contributed by atoms with E-state index in [1.165, 1.54) is 4.90 Å². The van der Waals surface area contributed by atoms with E-state index in [-0.39, 0.29) is 6.61 Å². The fourth-order valence-corrected chi connectivity index (χ4v) is 1.66. The smallest absolute Gasteiger partial charge is 0.412 e. The zero-order chi connectivity index (χ0) is 12.2. The number of amides is 1. The lowest BCUT2D eigenvalue weighted by Gasteiger charge is -2.30. The Bertz CT molecular complexity index is 265. The SMILES string of the molecule is CCCCOC(=O)N1[C@H](C=O)COC1(C)C. The van der Waals surface area contributed by atoms with Gasteiger partial charge in [0.15, 0.2) is 0 Å². The van der Waals surface area contributed by atoms with Crippen molar-refractivity contribution in [2.75, 3.05) is 13.2 Å². The maximum Gasteiger partial charge on any atom is 0.412 e. The van der Waals surface area contributed by atoms with E-state index in [2.05, 4.69) is 0 Å². The molecule has 0 aliphatic carbocycles. The van der Waals surface area contributed by atoms with E-state index >= 15 is 0 Å². The summed E-state index contributed by atoms with van der Waals surface area (Å²) in [7, 11) is 0. The van der Waals surface area contributed by atoms with Gasteiger partial charge in [0.25, 0.3) is 0 Å². The summed E-state index contributed by atoms with van der Waals surface area (Å²) in [5.41, 5.74) is -0.769. The molecule has 16 heavy (non-hydrogen) atoms. The van der Waals surface area contributed by atoms with Gasteiger partial charge in [-0.05, 0) is 20.3 Å². The Kier molecular flexibility index (Phi) is 4.29. The van der Waals surface area contributed by atoms with Gasteiger partial charge in [-0.1, -0.05) is 13.3 Å². The van der Waals surface area contributed by atoms with Gasteiger partial charge < -0.3 is 14.3 Å². The normalized spacial score (nSPS) is 23.2. The zero-order valence-electron chi connectivity index (χ0n) is 10.1. The van der Waals surface area contributed by atoms with Crippen LogP contribution in [-0.4, -0.2) is 42.3 Å². The highest BCUT2D eigenvalue weighted by molar-refractivity contribution is 5.74. The molecule has 0 N–H and O–H groups in total. The molecule has 0 saturated carbocycles. The van der Waals surface area contributed by atoms with E-state index in [4.69, 9.17) is 9.47 Å². The van der Waals surface area contributed by atoms with E-state index in [9.17, 15) is 9.59 Å². The van der Waals surface area contributed by atoms with Gasteiger partial charge in [0, 0.05) is 0 Å². The highest BCUT2D eigenvalue weighted by atomic mass is 16.6. The first-order chi connectivity index (χ1) is 7.53. The van der Waals surface area contributed by atoms with Gasteiger partial charge in [0.1, 0.15) is 18.1 Å². The lowest BCUT2D eigenvalue weighted by atomic mass is 10.2. The molecule has 0 spiro atoms. The highest BCUT2D eigenvalue weighted by Crippen LogP contribution is 2.27. The topological polar surface area (TPSA) is 55.8 Å². The largest absolute Gasteiger partial charge is 0.449 e. The van der Waals surface area contributed by atoms with E-state index in [1.54, 1.807) is 13.8 Å². The van der Waals surface area contributed by atoms with Crippen molar-refractivity contribution in [1.29, 1.82) is 0 Å². The summed E-state index contributed by atoms with van der Waals surface area (Å²) in [6.07, 6.45) is 2.03. The minimum atomic E-state index is -0.769. The molecule has 1 aliphatic heterocycles. The molecule has 1 saturated heterocycles. The number of carbonyl (C=O) groups excluding carboxylic acids is 2. The molecule has 0 aromatic heterocycles. The Morgan fingerprint density at radius 2 is 2.31 bits per heavy atom. The average Bonchev–Trinajstić information content (AvgIpc) is 2.53. The quantitative estimate of drug-likeness (QED) is 0.542. The van der Waals surface area contributed by atoms with Crippen LogP contribution in [0, 0.1) is 0 Å². The molecule has 0 unspecified atom stereocenters. The molecule has 1 heterocycles. The van der Waals surface area contributed by atoms with Gasteiger partial charge in [0.05, 0.1) is 13.2 Å². The van der Waals surface area contributed by atoms with Crippen LogP contribution in [0.2, 0.25) is 0 Å². The molecule has 5 nitrogen and oxygen atoms in total. The second kappa shape index (κ2) is 5.30. The van der Waals surface area contributed by atoms with Crippen molar-refractivity contribution >= 4 is 12.4 Å². The Labute approximate surface area is 95.7 Å². The summed E-state index contributed by atoms with van der Waals surface area (Å²) in [5, 5.41) is 0. The van der Waals surface area contributed by atoms with E-state index in [1.807, 2.05) is 6.92 Å². The molecule has 0 bridgehead atoms. The summed E-state index contributed by atoms with van der Waals surface area (Å²) in [4.78, 5) is 23.9. The third kappa shape index (κ3) is 2.72. The summed E-state index contributed by atoms with van der Waals surface area (Å²) < 4.78 is 10.5. The van der Waals surface area contributed by atoms with Crippen molar-refractivity contribution in [2.45, 2.75) is 45.4 Å². The first-order valence-corrected chi connectivity index (χ1v) is 5.58. The van der Waals surface area contributed by atoms with Gasteiger partial charge in [-0.25, -0.2) is 4.79 Å². The predicted molar refractivity (Wildman–Crippen MR) is 58.0 cm³/mol. The Morgan fingerprint density at radius 3 is 2.88 bits per heavy atom. The van der Waals surface area contributed by atoms with Gasteiger partial charge >= 0.3 is 6.09 Å². The van der Waals surface area contributed by atoms with Crippen LogP contribution in [-0.2, 0) is 14.3 Å². The van der Waals surface area contributed by atoms with Crippen LogP contribution in [0.3, 0.4) is 0 Å². The Morgan fingerprint density at radius 1 is 1.62 bits per heavy atom. The average molecular weight is 229 g/mol. The van der Waals surface area contributed by atoms with Crippen molar-refractivity contribution in [3.05, 3.63) is 0 Å². The Hall–Kier alpha value is -1.10. The number of nitrogens with zero attached hydrogens (tertiary/aromatic N) is 1. The summed E-state index contributed by atoms with van der Waals surface area (Å²) in [5.74, 6) is 0. The van der Waals surface area contributed by atoms with Crippen LogP contribution in [0.5, 0.6) is 0 Å². The Balaban J connectivity index is 2.60. The van der Waals surface area contributed by atoms with Crippen LogP contribution < -0.4 is 0 Å². The highest BCUT2D eigenvalue weighted by Gasteiger charge is 2.44. The molecule has 1 atom stereocenters. The maximum atomic E-state index is 11.8. The standard InChI is InChI=1S/C11H19NO4/c1-4-5-6-15-10(14)12-9(7-13)8-16-11(12,2)3/h7,9H,4-6,8H2,1-3H3/t9-/m1/s1. The van der Waals surface area contributed by atoms with Crippen LogP contribution in [0.25, 0.3) is 0 Å².